The molecule has 0 fully saturated rings. The molecule has 0 aliphatic heterocycles. The Bertz CT molecular complexity index is 516. The van der Waals surface area contributed by atoms with Crippen molar-refractivity contribution in [3.8, 4) is 5.75 Å². The second-order valence-corrected chi connectivity index (χ2v) is 5.82. The molecule has 0 radical (unpaired) electrons. The summed E-state index contributed by atoms with van der Waals surface area (Å²) in [7, 11) is 0. The maximum absolute atomic E-state index is 13.0. The van der Waals surface area contributed by atoms with Gasteiger partial charge in [0.15, 0.2) is 0 Å². The molecule has 1 aromatic heterocycles. The number of ether oxygens (including phenoxy) is 1. The maximum atomic E-state index is 13.0. The Kier molecular flexibility index (Phi) is 4.37. The van der Waals surface area contributed by atoms with Crippen molar-refractivity contribution in [2.45, 2.75) is 19.1 Å². The highest BCUT2D eigenvalue weighted by molar-refractivity contribution is 9.10. The molecule has 0 saturated heterocycles. The minimum absolute atomic E-state index is 0.152. The van der Waals surface area contributed by atoms with Crippen LogP contribution in [-0.2, 0) is 0 Å². The van der Waals surface area contributed by atoms with E-state index >= 15 is 0 Å². The van der Waals surface area contributed by atoms with E-state index in [2.05, 4.69) is 15.9 Å². The van der Waals surface area contributed by atoms with Crippen molar-refractivity contribution in [1.29, 1.82) is 0 Å². The molecule has 1 heterocycles. The van der Waals surface area contributed by atoms with Crippen molar-refractivity contribution in [3.05, 3.63) is 50.9 Å². The summed E-state index contributed by atoms with van der Waals surface area (Å²) in [6, 6.07) is 8.13. The van der Waals surface area contributed by atoms with E-state index in [9.17, 15) is 4.39 Å². The Balaban J connectivity index is 2.24. The second kappa shape index (κ2) is 5.82. The third-order valence-corrected chi connectivity index (χ3v) is 4.00. The molecule has 2 N–H and O–H groups in total. The fraction of sp³-hybridized carbons (Fsp3) is 0.231. The predicted octanol–water partition coefficient (Wildman–Crippen LogP) is 4.12. The highest BCUT2D eigenvalue weighted by atomic mass is 79.9. The van der Waals surface area contributed by atoms with Crippen LogP contribution in [0.25, 0.3) is 0 Å². The molecular weight excluding hydrogens is 317 g/mol. The molecule has 0 amide bonds. The normalized spacial score (nSPS) is 14.2. The topological polar surface area (TPSA) is 35.2 Å². The van der Waals surface area contributed by atoms with Crippen molar-refractivity contribution < 1.29 is 9.13 Å². The van der Waals surface area contributed by atoms with Crippen molar-refractivity contribution in [2.75, 3.05) is 0 Å². The van der Waals surface area contributed by atoms with Crippen LogP contribution in [0.5, 0.6) is 5.75 Å². The Morgan fingerprint density at radius 1 is 1.39 bits per heavy atom. The van der Waals surface area contributed by atoms with Crippen molar-refractivity contribution in [3.63, 3.8) is 0 Å². The van der Waals surface area contributed by atoms with E-state index in [1.807, 2.05) is 24.4 Å². The fourth-order valence-corrected chi connectivity index (χ4v) is 2.90. The number of benzene rings is 1. The summed E-state index contributed by atoms with van der Waals surface area (Å²) in [5.41, 5.74) is 5.95. The Labute approximate surface area is 118 Å². The number of thiophene rings is 1. The van der Waals surface area contributed by atoms with E-state index in [1.165, 1.54) is 12.1 Å². The van der Waals surface area contributed by atoms with Crippen LogP contribution in [0, 0.1) is 5.82 Å². The van der Waals surface area contributed by atoms with Gasteiger partial charge in [-0.2, -0.15) is 0 Å². The van der Waals surface area contributed by atoms with E-state index in [-0.39, 0.29) is 18.0 Å². The lowest BCUT2D eigenvalue weighted by molar-refractivity contribution is 0.182. The molecular formula is C13H13BrFNOS. The van der Waals surface area contributed by atoms with Gasteiger partial charge in [0, 0.05) is 10.9 Å². The van der Waals surface area contributed by atoms with Gasteiger partial charge >= 0.3 is 0 Å². The lowest BCUT2D eigenvalue weighted by Crippen LogP contribution is -2.28. The van der Waals surface area contributed by atoms with Crippen LogP contribution in [0.4, 0.5) is 4.39 Å². The monoisotopic (exact) mass is 329 g/mol. The van der Waals surface area contributed by atoms with E-state index in [0.29, 0.717) is 10.2 Å². The molecule has 2 rings (SSSR count). The number of hydrogen-bond acceptors (Lipinski definition) is 3. The molecule has 2 nitrogen and oxygen atoms in total. The molecule has 96 valence electrons. The van der Waals surface area contributed by atoms with E-state index < -0.39 is 0 Å². The first-order valence-electron chi connectivity index (χ1n) is 5.48. The van der Waals surface area contributed by atoms with Crippen LogP contribution in [0.3, 0.4) is 0 Å². The first-order chi connectivity index (χ1) is 8.58. The van der Waals surface area contributed by atoms with Crippen molar-refractivity contribution >= 4 is 27.3 Å². The standard InChI is InChI=1S/C13H13BrFNOS/c1-8(16)13(12-3-2-6-18-12)17-11-5-4-9(15)7-10(11)14/h2-8,13H,16H2,1H3. The summed E-state index contributed by atoms with van der Waals surface area (Å²) in [6.45, 7) is 1.89. The average Bonchev–Trinajstić information content (AvgIpc) is 2.80. The molecule has 5 heteroatoms. The molecule has 18 heavy (non-hydrogen) atoms. The fourth-order valence-electron chi connectivity index (χ4n) is 1.59. The van der Waals surface area contributed by atoms with Gasteiger partial charge in [-0.05, 0) is 52.5 Å². The van der Waals surface area contributed by atoms with Crippen LogP contribution in [0.1, 0.15) is 17.9 Å². The van der Waals surface area contributed by atoms with Gasteiger partial charge in [0.2, 0.25) is 0 Å². The van der Waals surface area contributed by atoms with E-state index in [0.717, 1.165) is 4.88 Å². The van der Waals surface area contributed by atoms with Crippen molar-refractivity contribution in [1.82, 2.24) is 0 Å². The third-order valence-electron chi connectivity index (χ3n) is 2.45. The van der Waals surface area contributed by atoms with Crippen LogP contribution < -0.4 is 10.5 Å². The lowest BCUT2D eigenvalue weighted by Gasteiger charge is -2.22. The van der Waals surface area contributed by atoms with Gasteiger partial charge < -0.3 is 10.5 Å². The first-order valence-corrected chi connectivity index (χ1v) is 7.16. The molecule has 0 spiro atoms. The SMILES string of the molecule is CC(N)C(Oc1ccc(F)cc1Br)c1cccs1. The minimum Gasteiger partial charge on any atom is -0.482 e. The zero-order valence-corrected chi connectivity index (χ0v) is 12.2. The average molecular weight is 330 g/mol. The van der Waals surface area contributed by atoms with E-state index in [1.54, 1.807) is 17.4 Å². The highest BCUT2D eigenvalue weighted by Crippen LogP contribution is 2.32. The minimum atomic E-state index is -0.303. The quantitative estimate of drug-likeness (QED) is 0.915. The summed E-state index contributed by atoms with van der Waals surface area (Å²) in [6.07, 6.45) is -0.230. The molecule has 0 aliphatic carbocycles. The zero-order valence-electron chi connectivity index (χ0n) is 9.77. The largest absolute Gasteiger partial charge is 0.482 e. The van der Waals surface area contributed by atoms with Gasteiger partial charge in [0.05, 0.1) is 4.47 Å². The summed E-state index contributed by atoms with van der Waals surface area (Å²) in [4.78, 5) is 1.06. The van der Waals surface area contributed by atoms with Gasteiger partial charge in [0.1, 0.15) is 17.7 Å². The molecule has 2 unspecified atom stereocenters. The van der Waals surface area contributed by atoms with Gasteiger partial charge in [-0.15, -0.1) is 11.3 Å². The Morgan fingerprint density at radius 3 is 2.72 bits per heavy atom. The second-order valence-electron chi connectivity index (χ2n) is 3.99. The van der Waals surface area contributed by atoms with E-state index in [4.69, 9.17) is 10.5 Å². The molecule has 0 bridgehead atoms. The van der Waals surface area contributed by atoms with Gasteiger partial charge in [-0.3, -0.25) is 0 Å². The van der Waals surface area contributed by atoms with Gasteiger partial charge in [-0.25, -0.2) is 4.39 Å². The number of nitrogens with two attached hydrogens (primary N) is 1. The smallest absolute Gasteiger partial charge is 0.148 e. The molecule has 2 aromatic rings. The zero-order chi connectivity index (χ0) is 13.1. The summed E-state index contributed by atoms with van der Waals surface area (Å²) < 4.78 is 19.5. The summed E-state index contributed by atoms with van der Waals surface area (Å²) in [5.74, 6) is 0.287. The van der Waals surface area contributed by atoms with Crippen molar-refractivity contribution in [2.24, 2.45) is 5.73 Å². The molecule has 2 atom stereocenters. The summed E-state index contributed by atoms with van der Waals surface area (Å²) in [5, 5.41) is 1.98. The Hall–Kier alpha value is -0.910. The highest BCUT2D eigenvalue weighted by Gasteiger charge is 2.20. The van der Waals surface area contributed by atoms with Crippen LogP contribution >= 0.6 is 27.3 Å². The first kappa shape index (κ1) is 13.5. The maximum Gasteiger partial charge on any atom is 0.148 e. The van der Waals surface area contributed by atoms with Crippen LogP contribution in [0.15, 0.2) is 40.2 Å². The van der Waals surface area contributed by atoms with Gasteiger partial charge in [0.25, 0.3) is 0 Å². The number of halogens is 2. The molecule has 0 saturated carbocycles. The Morgan fingerprint density at radius 2 is 2.17 bits per heavy atom. The van der Waals surface area contributed by atoms with Crippen LogP contribution in [-0.4, -0.2) is 6.04 Å². The van der Waals surface area contributed by atoms with Crippen LogP contribution in [0.2, 0.25) is 0 Å². The lowest BCUT2D eigenvalue weighted by atomic mass is 10.1. The predicted molar refractivity (Wildman–Crippen MR) is 75.4 cm³/mol. The number of hydrogen-bond donors (Lipinski definition) is 1. The molecule has 1 aromatic carbocycles. The van der Waals surface area contributed by atoms with Gasteiger partial charge in [-0.1, -0.05) is 6.07 Å². The number of rotatable bonds is 4. The summed E-state index contributed by atoms with van der Waals surface area (Å²) >= 11 is 4.88. The molecule has 0 aliphatic rings. The third kappa shape index (κ3) is 3.10.